The van der Waals surface area contributed by atoms with Crippen molar-refractivity contribution in [1.82, 2.24) is 0 Å². The van der Waals surface area contributed by atoms with Gasteiger partial charge in [-0.15, -0.1) is 0 Å². The standard InChI is InChI=1S/C12H17ClOS/c1-8(2)10-6-5-7-11(9(3)4)12(10)15(13)14/h5-9H,1-4H3. The third-order valence-electron chi connectivity index (χ3n) is 2.48. The Bertz CT molecular complexity index is 346. The second-order valence-corrected chi connectivity index (χ2v) is 5.99. The van der Waals surface area contributed by atoms with Crippen LogP contribution in [0.3, 0.4) is 0 Å². The SMILES string of the molecule is CC(C)c1cccc(C(C)C)c1S(=O)Cl. The number of hydrogen-bond donors (Lipinski definition) is 0. The van der Waals surface area contributed by atoms with Gasteiger partial charge >= 0.3 is 0 Å². The molecule has 0 N–H and O–H groups in total. The van der Waals surface area contributed by atoms with Gasteiger partial charge in [-0.25, -0.2) is 4.21 Å². The van der Waals surface area contributed by atoms with Crippen LogP contribution in [0.5, 0.6) is 0 Å². The Balaban J connectivity index is 3.42. The van der Waals surface area contributed by atoms with Crippen LogP contribution in [-0.2, 0) is 10.0 Å². The maximum Gasteiger partial charge on any atom is 0.148 e. The summed E-state index contributed by atoms with van der Waals surface area (Å²) in [5.41, 5.74) is 2.18. The molecule has 0 heterocycles. The number of halogens is 1. The largest absolute Gasteiger partial charge is 0.237 e. The summed E-state index contributed by atoms with van der Waals surface area (Å²) in [5, 5.41) is 0. The Morgan fingerprint density at radius 2 is 1.47 bits per heavy atom. The summed E-state index contributed by atoms with van der Waals surface area (Å²) in [6.45, 7) is 8.36. The van der Waals surface area contributed by atoms with Gasteiger partial charge in [0.25, 0.3) is 0 Å². The summed E-state index contributed by atoms with van der Waals surface area (Å²) < 4.78 is 11.6. The van der Waals surface area contributed by atoms with E-state index in [0.717, 1.165) is 16.0 Å². The van der Waals surface area contributed by atoms with Crippen molar-refractivity contribution < 1.29 is 4.21 Å². The molecule has 1 atom stereocenters. The molecule has 0 saturated heterocycles. The average Bonchev–Trinajstić information content (AvgIpc) is 2.16. The Labute approximate surface area is 98.8 Å². The summed E-state index contributed by atoms with van der Waals surface area (Å²) in [4.78, 5) is 0.809. The zero-order valence-corrected chi connectivity index (χ0v) is 11.2. The van der Waals surface area contributed by atoms with Gasteiger partial charge in [0.05, 0.1) is 4.90 Å². The lowest BCUT2D eigenvalue weighted by molar-refractivity contribution is 0.685. The molecule has 3 heteroatoms. The van der Waals surface area contributed by atoms with Crippen LogP contribution in [0.25, 0.3) is 0 Å². The average molecular weight is 245 g/mol. The molecule has 0 radical (unpaired) electrons. The molecule has 0 spiro atoms. The summed E-state index contributed by atoms with van der Waals surface area (Å²) in [5.74, 6) is 0.697. The number of benzene rings is 1. The minimum atomic E-state index is -1.42. The monoisotopic (exact) mass is 244 g/mol. The van der Waals surface area contributed by atoms with Gasteiger partial charge in [-0.2, -0.15) is 0 Å². The van der Waals surface area contributed by atoms with Crippen LogP contribution in [0, 0.1) is 0 Å². The van der Waals surface area contributed by atoms with Crippen molar-refractivity contribution in [1.29, 1.82) is 0 Å². The van der Waals surface area contributed by atoms with Gasteiger partial charge < -0.3 is 0 Å². The van der Waals surface area contributed by atoms with Crippen LogP contribution >= 0.6 is 10.7 Å². The molecule has 15 heavy (non-hydrogen) atoms. The number of hydrogen-bond acceptors (Lipinski definition) is 1. The molecular formula is C12H17ClOS. The molecule has 0 aromatic heterocycles. The molecule has 0 fully saturated rings. The highest BCUT2D eigenvalue weighted by molar-refractivity contribution is 8.08. The Hall–Kier alpha value is -0.340. The molecule has 1 nitrogen and oxygen atoms in total. The van der Waals surface area contributed by atoms with Gasteiger partial charge in [0, 0.05) is 0 Å². The maximum absolute atomic E-state index is 11.6. The van der Waals surface area contributed by atoms with Crippen molar-refractivity contribution in [3.63, 3.8) is 0 Å². The van der Waals surface area contributed by atoms with Gasteiger partial charge in [0.2, 0.25) is 0 Å². The van der Waals surface area contributed by atoms with E-state index in [1.165, 1.54) is 0 Å². The molecular weight excluding hydrogens is 228 g/mol. The highest BCUT2D eigenvalue weighted by Crippen LogP contribution is 2.31. The number of rotatable bonds is 3. The molecule has 0 bridgehead atoms. The summed E-state index contributed by atoms with van der Waals surface area (Å²) >= 11 is 0. The van der Waals surface area contributed by atoms with E-state index < -0.39 is 10.0 Å². The van der Waals surface area contributed by atoms with E-state index in [4.69, 9.17) is 10.7 Å². The van der Waals surface area contributed by atoms with Crippen LogP contribution < -0.4 is 0 Å². The van der Waals surface area contributed by atoms with Crippen molar-refractivity contribution in [2.24, 2.45) is 0 Å². The maximum atomic E-state index is 11.6. The highest BCUT2D eigenvalue weighted by Gasteiger charge is 2.17. The van der Waals surface area contributed by atoms with Gasteiger partial charge in [-0.05, 0) is 33.6 Å². The fourth-order valence-electron chi connectivity index (χ4n) is 1.67. The molecule has 84 valence electrons. The van der Waals surface area contributed by atoms with Gasteiger partial charge in [-0.3, -0.25) is 0 Å². The Morgan fingerprint density at radius 3 is 1.73 bits per heavy atom. The van der Waals surface area contributed by atoms with Crippen LogP contribution in [-0.4, -0.2) is 4.21 Å². The first-order chi connectivity index (χ1) is 6.95. The second-order valence-electron chi connectivity index (χ2n) is 4.30. The van der Waals surface area contributed by atoms with E-state index in [0.29, 0.717) is 11.8 Å². The van der Waals surface area contributed by atoms with Crippen LogP contribution in [0.2, 0.25) is 0 Å². The van der Waals surface area contributed by atoms with Crippen molar-refractivity contribution in [3.8, 4) is 0 Å². The lowest BCUT2D eigenvalue weighted by atomic mass is 9.95. The summed E-state index contributed by atoms with van der Waals surface area (Å²) in [6, 6.07) is 6.02. The molecule has 0 aliphatic rings. The first kappa shape index (κ1) is 12.7. The predicted octanol–water partition coefficient (Wildman–Crippen LogP) is 4.19. The Morgan fingerprint density at radius 1 is 1.07 bits per heavy atom. The van der Waals surface area contributed by atoms with Crippen molar-refractivity contribution in [2.75, 3.05) is 0 Å². The van der Waals surface area contributed by atoms with Crippen LogP contribution in [0.15, 0.2) is 23.1 Å². The molecule has 0 saturated carbocycles. The molecule has 1 aromatic carbocycles. The van der Waals surface area contributed by atoms with Crippen molar-refractivity contribution in [3.05, 3.63) is 29.3 Å². The zero-order valence-electron chi connectivity index (χ0n) is 9.58. The van der Waals surface area contributed by atoms with Crippen molar-refractivity contribution in [2.45, 2.75) is 44.4 Å². The summed E-state index contributed by atoms with van der Waals surface area (Å²) in [7, 11) is 4.35. The van der Waals surface area contributed by atoms with Crippen molar-refractivity contribution >= 4 is 20.7 Å². The smallest absolute Gasteiger partial charge is 0.148 e. The fraction of sp³-hybridized carbons (Fsp3) is 0.500. The molecule has 0 aliphatic heterocycles. The van der Waals surface area contributed by atoms with Crippen LogP contribution in [0.1, 0.15) is 50.7 Å². The molecule has 1 unspecified atom stereocenters. The normalized spacial score (nSPS) is 13.5. The lowest BCUT2D eigenvalue weighted by Crippen LogP contribution is -2.02. The quantitative estimate of drug-likeness (QED) is 0.729. The highest BCUT2D eigenvalue weighted by atomic mass is 35.7. The van der Waals surface area contributed by atoms with Gasteiger partial charge in [0.1, 0.15) is 10.0 Å². The van der Waals surface area contributed by atoms with Crippen LogP contribution in [0.4, 0.5) is 0 Å². The Kier molecular flexibility index (Phi) is 4.35. The first-order valence-corrected chi connectivity index (χ1v) is 7.13. The minimum Gasteiger partial charge on any atom is -0.237 e. The van der Waals surface area contributed by atoms with E-state index in [-0.39, 0.29) is 0 Å². The molecule has 1 aromatic rings. The summed E-state index contributed by atoms with van der Waals surface area (Å²) in [6.07, 6.45) is 0. The molecule has 1 rings (SSSR count). The molecule has 0 amide bonds. The van der Waals surface area contributed by atoms with E-state index >= 15 is 0 Å². The van der Waals surface area contributed by atoms with E-state index in [1.807, 2.05) is 18.2 Å². The zero-order chi connectivity index (χ0) is 11.6. The van der Waals surface area contributed by atoms with Gasteiger partial charge in [-0.1, -0.05) is 45.9 Å². The predicted molar refractivity (Wildman–Crippen MR) is 66.9 cm³/mol. The van der Waals surface area contributed by atoms with E-state index in [2.05, 4.69) is 27.7 Å². The van der Waals surface area contributed by atoms with E-state index in [1.54, 1.807) is 0 Å². The topological polar surface area (TPSA) is 17.1 Å². The fourth-order valence-corrected chi connectivity index (χ4v) is 3.18. The third-order valence-corrected chi connectivity index (χ3v) is 3.74. The minimum absolute atomic E-state index is 0.349. The lowest BCUT2D eigenvalue weighted by Gasteiger charge is -2.16. The second kappa shape index (κ2) is 5.13. The third kappa shape index (κ3) is 2.82. The van der Waals surface area contributed by atoms with E-state index in [9.17, 15) is 4.21 Å². The first-order valence-electron chi connectivity index (χ1n) is 5.16. The molecule has 0 aliphatic carbocycles. The van der Waals surface area contributed by atoms with Gasteiger partial charge in [0.15, 0.2) is 0 Å².